The number of hydrogen-bond donors (Lipinski definition) is 1. The van der Waals surface area contributed by atoms with Gasteiger partial charge in [-0.1, -0.05) is 12.1 Å². The Labute approximate surface area is 117 Å². The molecule has 1 aromatic heterocycles. The fraction of sp³-hybridized carbons (Fsp3) is 0.467. The maximum Gasteiger partial charge on any atom is 0.261 e. The SMILES string of the molecule is O=c1c2ccccc2ncn1CCNC1CCOCC1. The molecule has 0 amide bonds. The molecule has 1 aromatic carbocycles. The van der Waals surface area contributed by atoms with Gasteiger partial charge in [-0.2, -0.15) is 0 Å². The Kier molecular flexibility index (Phi) is 4.08. The predicted octanol–water partition coefficient (Wildman–Crippen LogP) is 1.17. The summed E-state index contributed by atoms with van der Waals surface area (Å²) in [7, 11) is 0. The van der Waals surface area contributed by atoms with E-state index in [0.717, 1.165) is 38.1 Å². The second kappa shape index (κ2) is 6.15. The Balaban J connectivity index is 1.65. The summed E-state index contributed by atoms with van der Waals surface area (Å²) in [5, 5.41) is 4.16. The number of hydrogen-bond acceptors (Lipinski definition) is 4. The van der Waals surface area contributed by atoms with Crippen molar-refractivity contribution in [2.24, 2.45) is 0 Å². The minimum absolute atomic E-state index is 0.0318. The summed E-state index contributed by atoms with van der Waals surface area (Å²) in [6.07, 6.45) is 3.73. The summed E-state index contributed by atoms with van der Waals surface area (Å²) in [5.41, 5.74) is 0.788. The number of rotatable bonds is 4. The second-order valence-electron chi connectivity index (χ2n) is 5.10. The van der Waals surface area contributed by atoms with Crippen LogP contribution in [0.1, 0.15) is 12.8 Å². The smallest absolute Gasteiger partial charge is 0.261 e. The van der Waals surface area contributed by atoms with Crippen molar-refractivity contribution in [1.29, 1.82) is 0 Å². The first kappa shape index (κ1) is 13.3. The van der Waals surface area contributed by atoms with Gasteiger partial charge >= 0.3 is 0 Å². The molecule has 0 bridgehead atoms. The van der Waals surface area contributed by atoms with E-state index in [1.807, 2.05) is 24.3 Å². The van der Waals surface area contributed by atoms with Crippen LogP contribution in [0.2, 0.25) is 0 Å². The summed E-state index contributed by atoms with van der Waals surface area (Å²) in [4.78, 5) is 16.6. The summed E-state index contributed by atoms with van der Waals surface area (Å²) >= 11 is 0. The molecule has 0 unspecified atom stereocenters. The average molecular weight is 273 g/mol. The van der Waals surface area contributed by atoms with Crippen LogP contribution in [-0.2, 0) is 11.3 Å². The van der Waals surface area contributed by atoms with E-state index in [-0.39, 0.29) is 5.56 Å². The molecule has 0 aliphatic carbocycles. The van der Waals surface area contributed by atoms with Gasteiger partial charge in [0.25, 0.3) is 5.56 Å². The van der Waals surface area contributed by atoms with Crippen molar-refractivity contribution in [3.63, 3.8) is 0 Å². The molecule has 1 N–H and O–H groups in total. The highest BCUT2D eigenvalue weighted by atomic mass is 16.5. The number of para-hydroxylation sites is 1. The molecule has 5 heteroatoms. The maximum absolute atomic E-state index is 12.3. The summed E-state index contributed by atoms with van der Waals surface area (Å²) in [5.74, 6) is 0. The Morgan fingerprint density at radius 2 is 2.10 bits per heavy atom. The Hall–Kier alpha value is -1.72. The zero-order valence-electron chi connectivity index (χ0n) is 11.4. The number of ether oxygens (including phenoxy) is 1. The molecule has 2 heterocycles. The number of benzene rings is 1. The first-order valence-electron chi connectivity index (χ1n) is 7.10. The zero-order valence-corrected chi connectivity index (χ0v) is 11.4. The monoisotopic (exact) mass is 273 g/mol. The largest absolute Gasteiger partial charge is 0.381 e. The van der Waals surface area contributed by atoms with Gasteiger partial charge in [-0.15, -0.1) is 0 Å². The number of nitrogens with zero attached hydrogens (tertiary/aromatic N) is 2. The highest BCUT2D eigenvalue weighted by molar-refractivity contribution is 5.76. The molecular formula is C15H19N3O2. The van der Waals surface area contributed by atoms with Crippen LogP contribution in [0.4, 0.5) is 0 Å². The van der Waals surface area contributed by atoms with Gasteiger partial charge in [0.05, 0.1) is 17.2 Å². The van der Waals surface area contributed by atoms with E-state index in [1.54, 1.807) is 10.9 Å². The first-order chi connectivity index (χ1) is 9.84. The molecule has 1 aliphatic heterocycles. The summed E-state index contributed by atoms with van der Waals surface area (Å²) in [6, 6.07) is 7.96. The lowest BCUT2D eigenvalue weighted by Gasteiger charge is -2.23. The molecule has 0 radical (unpaired) electrons. The van der Waals surface area contributed by atoms with Gasteiger partial charge in [-0.25, -0.2) is 4.98 Å². The van der Waals surface area contributed by atoms with Crippen LogP contribution in [0.5, 0.6) is 0 Å². The van der Waals surface area contributed by atoms with Crippen molar-refractivity contribution in [2.75, 3.05) is 19.8 Å². The van der Waals surface area contributed by atoms with Crippen LogP contribution in [0.3, 0.4) is 0 Å². The summed E-state index contributed by atoms with van der Waals surface area (Å²) < 4.78 is 7.00. The predicted molar refractivity (Wildman–Crippen MR) is 77.8 cm³/mol. The van der Waals surface area contributed by atoms with Crippen LogP contribution in [-0.4, -0.2) is 35.4 Å². The molecule has 0 spiro atoms. The van der Waals surface area contributed by atoms with Crippen LogP contribution in [0.15, 0.2) is 35.4 Å². The summed E-state index contributed by atoms with van der Waals surface area (Å²) in [6.45, 7) is 3.09. The van der Waals surface area contributed by atoms with Crippen LogP contribution >= 0.6 is 0 Å². The molecule has 20 heavy (non-hydrogen) atoms. The lowest BCUT2D eigenvalue weighted by molar-refractivity contribution is 0.0778. The molecule has 1 fully saturated rings. The van der Waals surface area contributed by atoms with E-state index >= 15 is 0 Å². The maximum atomic E-state index is 12.3. The van der Waals surface area contributed by atoms with Gasteiger partial charge in [0.15, 0.2) is 0 Å². The third-order valence-corrected chi connectivity index (χ3v) is 3.74. The molecule has 106 valence electrons. The quantitative estimate of drug-likeness (QED) is 0.908. The molecule has 5 nitrogen and oxygen atoms in total. The molecular weight excluding hydrogens is 254 g/mol. The van der Waals surface area contributed by atoms with Gasteiger partial charge in [0.1, 0.15) is 0 Å². The third-order valence-electron chi connectivity index (χ3n) is 3.74. The van der Waals surface area contributed by atoms with Crippen molar-refractivity contribution in [3.05, 3.63) is 40.9 Å². The van der Waals surface area contributed by atoms with Crippen LogP contribution in [0.25, 0.3) is 10.9 Å². The fourth-order valence-electron chi connectivity index (χ4n) is 2.56. The van der Waals surface area contributed by atoms with Gasteiger partial charge < -0.3 is 10.1 Å². The lowest BCUT2D eigenvalue weighted by Crippen LogP contribution is -2.37. The van der Waals surface area contributed by atoms with Crippen molar-refractivity contribution >= 4 is 10.9 Å². The standard InChI is InChI=1S/C15H19N3O2/c19-15-13-3-1-2-4-14(13)17-11-18(15)8-7-16-12-5-9-20-10-6-12/h1-4,11-12,16H,5-10H2. The van der Waals surface area contributed by atoms with Gasteiger partial charge in [-0.3, -0.25) is 9.36 Å². The first-order valence-corrected chi connectivity index (χ1v) is 7.10. The number of fused-ring (bicyclic) bond motifs is 1. The van der Waals surface area contributed by atoms with Crippen molar-refractivity contribution in [2.45, 2.75) is 25.4 Å². The van der Waals surface area contributed by atoms with E-state index in [4.69, 9.17) is 4.74 Å². The van der Waals surface area contributed by atoms with E-state index in [1.165, 1.54) is 0 Å². The highest BCUT2D eigenvalue weighted by Gasteiger charge is 2.12. The third kappa shape index (κ3) is 2.89. The number of aromatic nitrogens is 2. The van der Waals surface area contributed by atoms with Crippen LogP contribution < -0.4 is 10.9 Å². The minimum Gasteiger partial charge on any atom is -0.381 e. The molecule has 3 rings (SSSR count). The Morgan fingerprint density at radius 1 is 1.30 bits per heavy atom. The average Bonchev–Trinajstić information content (AvgIpc) is 2.51. The van der Waals surface area contributed by atoms with Gasteiger partial charge in [-0.05, 0) is 25.0 Å². The molecule has 0 saturated carbocycles. The van der Waals surface area contributed by atoms with Crippen molar-refractivity contribution in [3.8, 4) is 0 Å². The topological polar surface area (TPSA) is 56.2 Å². The van der Waals surface area contributed by atoms with Gasteiger partial charge in [0.2, 0.25) is 0 Å². The van der Waals surface area contributed by atoms with Gasteiger partial charge in [0, 0.05) is 32.3 Å². The van der Waals surface area contributed by atoms with E-state index in [9.17, 15) is 4.79 Å². The lowest BCUT2D eigenvalue weighted by atomic mass is 10.1. The van der Waals surface area contributed by atoms with Crippen molar-refractivity contribution < 1.29 is 4.74 Å². The van der Waals surface area contributed by atoms with E-state index < -0.39 is 0 Å². The Morgan fingerprint density at radius 3 is 2.95 bits per heavy atom. The van der Waals surface area contributed by atoms with E-state index in [0.29, 0.717) is 18.0 Å². The zero-order chi connectivity index (χ0) is 13.8. The highest BCUT2D eigenvalue weighted by Crippen LogP contribution is 2.06. The van der Waals surface area contributed by atoms with Crippen molar-refractivity contribution in [1.82, 2.24) is 14.9 Å². The molecule has 1 saturated heterocycles. The second-order valence-corrected chi connectivity index (χ2v) is 5.10. The molecule has 2 aromatic rings. The van der Waals surface area contributed by atoms with Crippen LogP contribution in [0, 0.1) is 0 Å². The minimum atomic E-state index is 0.0318. The normalized spacial score (nSPS) is 16.6. The fourth-order valence-corrected chi connectivity index (χ4v) is 2.56. The van der Waals surface area contributed by atoms with E-state index in [2.05, 4.69) is 10.3 Å². The molecule has 1 aliphatic rings. The number of nitrogens with one attached hydrogen (secondary N) is 1. The Bertz CT molecular complexity index is 632. The molecule has 0 atom stereocenters.